The van der Waals surface area contributed by atoms with Gasteiger partial charge in [0.1, 0.15) is 4.90 Å². The molecule has 0 aromatic heterocycles. The Balaban J connectivity index is 1.26. The van der Waals surface area contributed by atoms with Gasteiger partial charge in [-0.05, 0) is 86.7 Å². The lowest BCUT2D eigenvalue weighted by Gasteiger charge is -2.44. The van der Waals surface area contributed by atoms with Crippen molar-refractivity contribution in [3.63, 3.8) is 0 Å². The van der Waals surface area contributed by atoms with Crippen LogP contribution in [0.15, 0.2) is 112 Å². The summed E-state index contributed by atoms with van der Waals surface area (Å²) >= 11 is 8.53. The summed E-state index contributed by atoms with van der Waals surface area (Å²) in [5.41, 5.74) is -4.61. The van der Waals surface area contributed by atoms with Crippen LogP contribution in [0.2, 0.25) is 0 Å². The monoisotopic (exact) mass is 967 g/mol. The van der Waals surface area contributed by atoms with Gasteiger partial charge in [0.25, 0.3) is 25.8 Å². The summed E-state index contributed by atoms with van der Waals surface area (Å²) in [5.74, 6) is -0.377. The average Bonchev–Trinajstić information content (AvgIpc) is 3.53. The molecule has 2 fully saturated rings. The number of allylic oxidation sites excluding steroid dienone is 1. The molecule has 64 heavy (non-hydrogen) atoms. The van der Waals surface area contributed by atoms with Gasteiger partial charge in [0, 0.05) is 92.3 Å². The lowest BCUT2D eigenvalue weighted by molar-refractivity contribution is -0.0435. The number of rotatable bonds is 20. The van der Waals surface area contributed by atoms with Crippen molar-refractivity contribution < 1.29 is 39.5 Å². The van der Waals surface area contributed by atoms with E-state index >= 15 is 0 Å². The van der Waals surface area contributed by atoms with Gasteiger partial charge in [-0.1, -0.05) is 57.2 Å². The molecule has 3 aromatic rings. The van der Waals surface area contributed by atoms with Crippen molar-refractivity contribution in [2.75, 3.05) is 81.5 Å². The summed E-state index contributed by atoms with van der Waals surface area (Å²) in [6, 6.07) is 17.6. The molecule has 11 nitrogen and oxygen atoms in total. The van der Waals surface area contributed by atoms with Crippen LogP contribution < -0.4 is 14.9 Å². The Morgan fingerprint density at radius 3 is 2.22 bits per heavy atom. The Labute approximate surface area is 386 Å². The Morgan fingerprint density at radius 1 is 0.922 bits per heavy atom. The molecule has 2 aliphatic rings. The van der Waals surface area contributed by atoms with Gasteiger partial charge in [0.2, 0.25) is 0 Å². The molecule has 352 valence electrons. The van der Waals surface area contributed by atoms with Gasteiger partial charge in [-0.15, -0.1) is 29.9 Å². The van der Waals surface area contributed by atoms with Crippen molar-refractivity contribution in [1.29, 1.82) is 0 Å². The number of benzene rings is 3. The second-order valence-corrected chi connectivity index (χ2v) is 22.7. The van der Waals surface area contributed by atoms with E-state index in [0.717, 1.165) is 54.3 Å². The third-order valence-electron chi connectivity index (χ3n) is 12.4. The predicted octanol–water partition coefficient (Wildman–Crippen LogP) is 8.70. The highest BCUT2D eigenvalue weighted by molar-refractivity contribution is 7.99. The van der Waals surface area contributed by atoms with Crippen LogP contribution >= 0.6 is 23.4 Å². The summed E-state index contributed by atoms with van der Waals surface area (Å²) in [5, 5.41) is 3.00. The fraction of sp³-hybridized carbons (Fsp3) is 0.500. The van der Waals surface area contributed by atoms with E-state index in [-0.39, 0.29) is 11.0 Å². The normalized spacial score (nSPS) is 18.4. The Bertz CT molecular complexity index is 2280. The number of halogens is 4. The molecular formula is C46H61ClF3N5O6S3. The maximum absolute atomic E-state index is 14.2. The van der Waals surface area contributed by atoms with E-state index in [1.165, 1.54) is 23.9 Å². The van der Waals surface area contributed by atoms with Crippen LogP contribution in [0.4, 0.5) is 24.5 Å². The second kappa shape index (κ2) is 21.8. The summed E-state index contributed by atoms with van der Waals surface area (Å²) in [6.07, 6.45) is 3.84. The van der Waals surface area contributed by atoms with Crippen LogP contribution in [-0.2, 0) is 24.6 Å². The molecule has 3 aromatic carbocycles. The molecule has 0 saturated carbocycles. The average molecular weight is 969 g/mol. The largest absolute Gasteiger partial charge is 0.501 e. The standard InChI is InChI=1S/C46H61ClF3N5O6S3/c1-7-44(5,34(2)3)45(6,47)31-35(4)32-54-23-25-55(26-24-54)38-16-14-36(15-17-38)43(56)52-64(59,60)40-18-19-41(42(30-40)63(57,58)46(48,49)50)51-37(33-62-39-12-9-8-10-13-39)20-22-53-21-11-28-61-29-27-53/h7-10,12-19,30,34,37,51H,1,4,11,20-29,31-33H2,2-3,5-6H3,(H,52,56)/t37?,44-,45-/m1/s1. The first-order chi connectivity index (χ1) is 30.1. The minimum Gasteiger partial charge on any atom is -0.380 e. The number of sulfone groups is 1. The quantitative estimate of drug-likeness (QED) is 0.0642. The number of hydrogen-bond donors (Lipinski definition) is 2. The van der Waals surface area contributed by atoms with Gasteiger partial charge in [-0.25, -0.2) is 21.6 Å². The van der Waals surface area contributed by atoms with Crippen LogP contribution in [-0.4, -0.2) is 120 Å². The molecule has 18 heteroatoms. The van der Waals surface area contributed by atoms with Crippen LogP contribution in [0.25, 0.3) is 0 Å². The number of nitrogens with zero attached hydrogens (tertiary/aromatic N) is 3. The third kappa shape index (κ3) is 13.1. The lowest BCUT2D eigenvalue weighted by Crippen LogP contribution is -2.47. The molecule has 0 spiro atoms. The van der Waals surface area contributed by atoms with Crippen molar-refractivity contribution in [1.82, 2.24) is 14.5 Å². The smallest absolute Gasteiger partial charge is 0.380 e. The molecule has 2 heterocycles. The SMILES string of the molecule is C=C[C@](C)(C(C)C)[C@](C)(Cl)CC(=C)CN1CCN(c2ccc(C(=O)NS(=O)(=O)c3ccc(NC(CCN4CCCOCC4)CSc4ccccc4)c(S(=O)(=O)C(F)(F)F)c3)cc2)CC1. The Hall–Kier alpha value is -3.58. The predicted molar refractivity (Wildman–Crippen MR) is 252 cm³/mol. The second-order valence-electron chi connectivity index (χ2n) is 17.2. The highest BCUT2D eigenvalue weighted by atomic mass is 35.5. The van der Waals surface area contributed by atoms with Crippen LogP contribution in [0.5, 0.6) is 0 Å². The first-order valence-electron chi connectivity index (χ1n) is 21.4. The molecule has 0 bridgehead atoms. The number of piperazine rings is 1. The molecule has 5 rings (SSSR count). The number of hydrogen-bond acceptors (Lipinski definition) is 11. The fourth-order valence-electron chi connectivity index (χ4n) is 7.94. The minimum absolute atomic E-state index is 0.0181. The maximum atomic E-state index is 14.2. The number of nitrogens with one attached hydrogen (secondary N) is 2. The molecule has 0 radical (unpaired) electrons. The number of amides is 1. The van der Waals surface area contributed by atoms with Crippen molar-refractivity contribution >= 4 is 60.5 Å². The van der Waals surface area contributed by atoms with E-state index in [0.29, 0.717) is 76.5 Å². The first-order valence-corrected chi connectivity index (χ1v) is 25.7. The molecular weight excluding hydrogens is 907 g/mol. The molecule has 2 aliphatic heterocycles. The van der Waals surface area contributed by atoms with E-state index in [9.17, 15) is 34.8 Å². The zero-order valence-corrected chi connectivity index (χ0v) is 40.2. The minimum atomic E-state index is -6.06. The van der Waals surface area contributed by atoms with Crippen molar-refractivity contribution in [2.45, 2.75) is 78.1 Å². The zero-order chi connectivity index (χ0) is 46.9. The number of anilines is 2. The molecule has 3 atom stereocenters. The molecule has 0 aliphatic carbocycles. The van der Waals surface area contributed by atoms with E-state index in [4.69, 9.17) is 16.3 Å². The summed E-state index contributed by atoms with van der Waals surface area (Å²) in [6.45, 7) is 23.6. The molecule has 2 N–H and O–H groups in total. The fourth-order valence-corrected chi connectivity index (χ4v) is 11.4. The van der Waals surface area contributed by atoms with Crippen LogP contribution in [0, 0.1) is 11.3 Å². The van der Waals surface area contributed by atoms with Gasteiger partial charge >= 0.3 is 5.51 Å². The Kier molecular flexibility index (Phi) is 17.5. The zero-order valence-electron chi connectivity index (χ0n) is 37.0. The number of ether oxygens (including phenoxy) is 1. The maximum Gasteiger partial charge on any atom is 0.501 e. The van der Waals surface area contributed by atoms with Crippen molar-refractivity contribution in [3.8, 4) is 0 Å². The topological polar surface area (TPSA) is 128 Å². The van der Waals surface area contributed by atoms with E-state index < -0.39 is 57.7 Å². The summed E-state index contributed by atoms with van der Waals surface area (Å²) < 4.78 is 103. The summed E-state index contributed by atoms with van der Waals surface area (Å²) in [4.78, 5) is 18.2. The van der Waals surface area contributed by atoms with Gasteiger partial charge in [-0.3, -0.25) is 9.69 Å². The van der Waals surface area contributed by atoms with Crippen LogP contribution in [0.3, 0.4) is 0 Å². The van der Waals surface area contributed by atoms with Gasteiger partial charge in [-0.2, -0.15) is 13.2 Å². The molecule has 1 unspecified atom stereocenters. The number of thioether (sulfide) groups is 1. The molecule has 1 amide bonds. The lowest BCUT2D eigenvalue weighted by atomic mass is 9.67. The van der Waals surface area contributed by atoms with Gasteiger partial charge < -0.3 is 19.9 Å². The third-order valence-corrected chi connectivity index (χ3v) is 17.0. The first kappa shape index (κ1) is 51.4. The number of alkyl halides is 4. The Morgan fingerprint density at radius 2 is 1.59 bits per heavy atom. The van der Waals surface area contributed by atoms with Crippen LogP contribution in [0.1, 0.15) is 57.3 Å². The highest BCUT2D eigenvalue weighted by Crippen LogP contribution is 2.47. The van der Waals surface area contributed by atoms with E-state index in [1.807, 2.05) is 48.1 Å². The molecule has 2 saturated heterocycles. The number of carbonyl (C=O) groups excluding carboxylic acids is 1. The van der Waals surface area contributed by atoms with Gasteiger partial charge in [0.05, 0.1) is 22.1 Å². The van der Waals surface area contributed by atoms with E-state index in [1.54, 1.807) is 12.1 Å². The van der Waals surface area contributed by atoms with Gasteiger partial charge in [0.15, 0.2) is 0 Å². The highest BCUT2D eigenvalue weighted by Gasteiger charge is 2.49. The number of carbonyl (C=O) groups is 1. The summed E-state index contributed by atoms with van der Waals surface area (Å²) in [7, 11) is -10.9. The van der Waals surface area contributed by atoms with E-state index in [2.05, 4.69) is 53.9 Å². The number of sulfonamides is 1. The van der Waals surface area contributed by atoms with Crippen molar-refractivity contribution in [3.05, 3.63) is 103 Å². The van der Waals surface area contributed by atoms with Crippen molar-refractivity contribution in [2.24, 2.45) is 11.3 Å².